The number of hydrogen-bond acceptors (Lipinski definition) is 3. The standard InChI is InChI=1S/C14H25NOS/c1-13(2,3)16-9-8-15-11-14(4,5)12-7-6-10-17-12/h6-7,10,15H,8-9,11H2,1-5H3. The lowest BCUT2D eigenvalue weighted by atomic mass is 9.91. The second-order valence-corrected chi connectivity index (χ2v) is 6.95. The van der Waals surface area contributed by atoms with Crippen LogP contribution in [0.4, 0.5) is 0 Å². The van der Waals surface area contributed by atoms with E-state index in [4.69, 9.17) is 4.74 Å². The first-order chi connectivity index (χ1) is 7.81. The third-order valence-corrected chi connectivity index (χ3v) is 3.80. The zero-order chi connectivity index (χ0) is 12.9. The molecule has 0 fully saturated rings. The van der Waals surface area contributed by atoms with Crippen molar-refractivity contribution in [3.05, 3.63) is 22.4 Å². The molecule has 17 heavy (non-hydrogen) atoms. The van der Waals surface area contributed by atoms with Crippen LogP contribution in [0.1, 0.15) is 39.5 Å². The molecule has 3 heteroatoms. The molecule has 1 rings (SSSR count). The summed E-state index contributed by atoms with van der Waals surface area (Å²) in [6.45, 7) is 13.5. The van der Waals surface area contributed by atoms with Gasteiger partial charge in [0.2, 0.25) is 0 Å². The Hall–Kier alpha value is -0.380. The van der Waals surface area contributed by atoms with Crippen molar-refractivity contribution in [1.29, 1.82) is 0 Å². The van der Waals surface area contributed by atoms with Gasteiger partial charge in [0.25, 0.3) is 0 Å². The lowest BCUT2D eigenvalue weighted by Gasteiger charge is -2.25. The summed E-state index contributed by atoms with van der Waals surface area (Å²) in [5.41, 5.74) is 0.168. The molecule has 0 amide bonds. The maximum atomic E-state index is 5.67. The fourth-order valence-corrected chi connectivity index (χ4v) is 2.43. The molecule has 0 atom stereocenters. The number of ether oxygens (including phenoxy) is 1. The van der Waals surface area contributed by atoms with Crippen molar-refractivity contribution in [2.24, 2.45) is 0 Å². The second-order valence-electron chi connectivity index (χ2n) is 6.00. The van der Waals surface area contributed by atoms with Crippen molar-refractivity contribution in [3.63, 3.8) is 0 Å². The first-order valence-corrected chi connectivity index (χ1v) is 7.08. The van der Waals surface area contributed by atoms with E-state index in [2.05, 4.69) is 57.4 Å². The van der Waals surface area contributed by atoms with Gasteiger partial charge in [0, 0.05) is 23.4 Å². The molecule has 0 aliphatic rings. The maximum absolute atomic E-state index is 5.67. The normalized spacial score (nSPS) is 13.0. The Labute approximate surface area is 109 Å². The summed E-state index contributed by atoms with van der Waals surface area (Å²) in [4.78, 5) is 1.43. The van der Waals surface area contributed by atoms with Crippen molar-refractivity contribution in [3.8, 4) is 0 Å². The van der Waals surface area contributed by atoms with Gasteiger partial charge in [-0.15, -0.1) is 11.3 Å². The van der Waals surface area contributed by atoms with Crippen LogP contribution in [0.2, 0.25) is 0 Å². The van der Waals surface area contributed by atoms with E-state index in [0.29, 0.717) is 0 Å². The van der Waals surface area contributed by atoms with Gasteiger partial charge in [-0.1, -0.05) is 19.9 Å². The average molecular weight is 255 g/mol. The van der Waals surface area contributed by atoms with Crippen LogP contribution in [-0.4, -0.2) is 25.3 Å². The zero-order valence-electron chi connectivity index (χ0n) is 11.7. The minimum absolute atomic E-state index is 0.0368. The Kier molecular flexibility index (Phi) is 5.17. The molecule has 0 unspecified atom stereocenters. The van der Waals surface area contributed by atoms with Crippen molar-refractivity contribution >= 4 is 11.3 Å². The molecule has 0 radical (unpaired) electrons. The molecule has 1 heterocycles. The molecule has 0 aromatic carbocycles. The van der Waals surface area contributed by atoms with Gasteiger partial charge in [-0.25, -0.2) is 0 Å². The van der Waals surface area contributed by atoms with Crippen LogP contribution in [-0.2, 0) is 10.2 Å². The Morgan fingerprint density at radius 3 is 2.47 bits per heavy atom. The fourth-order valence-electron chi connectivity index (χ4n) is 1.58. The van der Waals surface area contributed by atoms with Gasteiger partial charge in [-0.3, -0.25) is 0 Å². The summed E-state index contributed by atoms with van der Waals surface area (Å²) in [6.07, 6.45) is 0. The summed E-state index contributed by atoms with van der Waals surface area (Å²) >= 11 is 1.83. The maximum Gasteiger partial charge on any atom is 0.0599 e. The van der Waals surface area contributed by atoms with Crippen LogP contribution in [0.5, 0.6) is 0 Å². The van der Waals surface area contributed by atoms with Crippen LogP contribution in [0, 0.1) is 0 Å². The van der Waals surface area contributed by atoms with Crippen molar-refractivity contribution in [2.75, 3.05) is 19.7 Å². The highest BCUT2D eigenvalue weighted by Gasteiger charge is 2.20. The minimum atomic E-state index is -0.0368. The van der Waals surface area contributed by atoms with E-state index in [9.17, 15) is 0 Å². The van der Waals surface area contributed by atoms with E-state index in [0.717, 1.165) is 19.7 Å². The Morgan fingerprint density at radius 1 is 1.24 bits per heavy atom. The van der Waals surface area contributed by atoms with Crippen molar-refractivity contribution in [2.45, 2.75) is 45.6 Å². The van der Waals surface area contributed by atoms with Gasteiger partial charge < -0.3 is 10.1 Å². The smallest absolute Gasteiger partial charge is 0.0599 e. The molecular weight excluding hydrogens is 230 g/mol. The van der Waals surface area contributed by atoms with Crippen molar-refractivity contribution < 1.29 is 4.74 Å². The highest BCUT2D eigenvalue weighted by Crippen LogP contribution is 2.26. The van der Waals surface area contributed by atoms with Gasteiger partial charge in [-0.2, -0.15) is 0 Å². The summed E-state index contributed by atoms with van der Waals surface area (Å²) < 4.78 is 5.67. The van der Waals surface area contributed by atoms with Gasteiger partial charge in [0.1, 0.15) is 0 Å². The Morgan fingerprint density at radius 2 is 1.94 bits per heavy atom. The number of hydrogen-bond donors (Lipinski definition) is 1. The summed E-state index contributed by atoms with van der Waals surface area (Å²) in [6, 6.07) is 4.32. The van der Waals surface area contributed by atoms with Crippen LogP contribution < -0.4 is 5.32 Å². The highest BCUT2D eigenvalue weighted by molar-refractivity contribution is 7.10. The molecule has 0 saturated heterocycles. The third kappa shape index (κ3) is 5.66. The van der Waals surface area contributed by atoms with E-state index in [1.165, 1.54) is 4.88 Å². The van der Waals surface area contributed by atoms with E-state index in [1.807, 2.05) is 11.3 Å². The predicted molar refractivity (Wildman–Crippen MR) is 75.9 cm³/mol. The molecule has 1 aromatic rings. The molecule has 0 aliphatic carbocycles. The molecule has 1 aromatic heterocycles. The van der Waals surface area contributed by atoms with Gasteiger partial charge in [-0.05, 0) is 32.2 Å². The molecule has 0 bridgehead atoms. The Bertz CT molecular complexity index is 311. The summed E-state index contributed by atoms with van der Waals surface area (Å²) in [5.74, 6) is 0. The second kappa shape index (κ2) is 5.98. The monoisotopic (exact) mass is 255 g/mol. The van der Waals surface area contributed by atoms with Gasteiger partial charge in [0.15, 0.2) is 0 Å². The number of thiophene rings is 1. The molecule has 2 nitrogen and oxygen atoms in total. The average Bonchev–Trinajstić information content (AvgIpc) is 2.68. The first kappa shape index (κ1) is 14.7. The summed E-state index contributed by atoms with van der Waals surface area (Å²) in [7, 11) is 0. The van der Waals surface area contributed by atoms with Crippen LogP contribution in [0.25, 0.3) is 0 Å². The van der Waals surface area contributed by atoms with Gasteiger partial charge in [0.05, 0.1) is 12.2 Å². The number of rotatable bonds is 6. The van der Waals surface area contributed by atoms with Crippen molar-refractivity contribution in [1.82, 2.24) is 5.32 Å². The molecule has 0 aliphatic heterocycles. The van der Waals surface area contributed by atoms with E-state index in [1.54, 1.807) is 0 Å². The lowest BCUT2D eigenvalue weighted by molar-refractivity contribution is -0.00103. The van der Waals surface area contributed by atoms with E-state index < -0.39 is 0 Å². The van der Waals surface area contributed by atoms with Gasteiger partial charge >= 0.3 is 0 Å². The Balaban J connectivity index is 2.23. The molecule has 98 valence electrons. The quantitative estimate of drug-likeness (QED) is 0.786. The minimum Gasteiger partial charge on any atom is -0.375 e. The number of nitrogens with one attached hydrogen (secondary N) is 1. The zero-order valence-corrected chi connectivity index (χ0v) is 12.5. The largest absolute Gasteiger partial charge is 0.375 e. The van der Waals surface area contributed by atoms with E-state index in [-0.39, 0.29) is 11.0 Å². The highest BCUT2D eigenvalue weighted by atomic mass is 32.1. The topological polar surface area (TPSA) is 21.3 Å². The van der Waals surface area contributed by atoms with E-state index >= 15 is 0 Å². The fraction of sp³-hybridized carbons (Fsp3) is 0.714. The van der Waals surface area contributed by atoms with Crippen LogP contribution in [0.15, 0.2) is 17.5 Å². The molecule has 1 N–H and O–H groups in total. The molecule has 0 saturated carbocycles. The predicted octanol–water partition coefficient (Wildman–Crippen LogP) is 3.43. The van der Waals surface area contributed by atoms with Crippen LogP contribution in [0.3, 0.4) is 0 Å². The third-order valence-electron chi connectivity index (χ3n) is 2.57. The lowest BCUT2D eigenvalue weighted by Crippen LogP contribution is -2.35. The van der Waals surface area contributed by atoms with Crippen LogP contribution >= 0.6 is 11.3 Å². The first-order valence-electron chi connectivity index (χ1n) is 6.20. The SMILES string of the molecule is CC(C)(C)OCCNCC(C)(C)c1cccs1. The summed E-state index contributed by atoms with van der Waals surface area (Å²) in [5, 5.41) is 5.61. The molecule has 0 spiro atoms. The molecular formula is C14H25NOS.